The molecule has 8 heteroatoms. The van der Waals surface area contributed by atoms with Crippen LogP contribution in [0.5, 0.6) is 0 Å². The van der Waals surface area contributed by atoms with Gasteiger partial charge < -0.3 is 19.6 Å². The summed E-state index contributed by atoms with van der Waals surface area (Å²) in [5.41, 5.74) is 3.94. The van der Waals surface area contributed by atoms with Crippen molar-refractivity contribution in [2.45, 2.75) is 57.1 Å². The number of aromatic amines is 1. The van der Waals surface area contributed by atoms with E-state index in [1.165, 1.54) is 43.9 Å². The van der Waals surface area contributed by atoms with Crippen molar-refractivity contribution < 1.29 is 5.11 Å². The van der Waals surface area contributed by atoms with Gasteiger partial charge in [-0.1, -0.05) is 25.3 Å². The summed E-state index contributed by atoms with van der Waals surface area (Å²) in [5, 5.41) is 11.7. The SMILES string of the molecule is O=c1[nH]cnc2c(-c3ccc4c(c3)ncn4C3CCCCC3)sc(N3C[C@H]4C[C@H](O)C[C@H]4C3)c12. The minimum atomic E-state index is -0.169. The summed E-state index contributed by atoms with van der Waals surface area (Å²) in [6.07, 6.45) is 11.5. The Morgan fingerprint density at radius 2 is 1.85 bits per heavy atom. The zero-order chi connectivity index (χ0) is 22.8. The molecule has 0 unspecified atom stereocenters. The van der Waals surface area contributed by atoms with Gasteiger partial charge in [-0.25, -0.2) is 9.97 Å². The predicted octanol–water partition coefficient (Wildman–Crippen LogP) is 4.71. The molecule has 1 saturated heterocycles. The largest absolute Gasteiger partial charge is 0.393 e. The highest BCUT2D eigenvalue weighted by Gasteiger charge is 2.41. The number of rotatable bonds is 3. The number of aliphatic hydroxyl groups is 1. The molecule has 4 aromatic rings. The average Bonchev–Trinajstić information content (AvgIpc) is 3.60. The number of benzene rings is 1. The summed E-state index contributed by atoms with van der Waals surface area (Å²) in [6, 6.07) is 7.05. The maximum atomic E-state index is 12.9. The highest BCUT2D eigenvalue weighted by molar-refractivity contribution is 7.21. The monoisotopic (exact) mass is 475 g/mol. The number of nitrogens with zero attached hydrogens (tertiary/aromatic N) is 4. The number of hydrogen-bond donors (Lipinski definition) is 2. The maximum absolute atomic E-state index is 12.9. The lowest BCUT2D eigenvalue weighted by Crippen LogP contribution is -2.23. The third-order valence-electron chi connectivity index (χ3n) is 8.30. The molecule has 2 saturated carbocycles. The van der Waals surface area contributed by atoms with E-state index in [1.54, 1.807) is 11.3 Å². The van der Waals surface area contributed by atoms with E-state index in [0.717, 1.165) is 52.4 Å². The molecule has 0 spiro atoms. The highest BCUT2D eigenvalue weighted by atomic mass is 32.1. The molecule has 176 valence electrons. The van der Waals surface area contributed by atoms with Crippen LogP contribution in [0.3, 0.4) is 0 Å². The van der Waals surface area contributed by atoms with Crippen molar-refractivity contribution in [2.24, 2.45) is 11.8 Å². The first-order valence-corrected chi connectivity index (χ1v) is 13.4. The van der Waals surface area contributed by atoms with Gasteiger partial charge in [-0.2, -0.15) is 0 Å². The van der Waals surface area contributed by atoms with Crippen LogP contribution >= 0.6 is 11.3 Å². The van der Waals surface area contributed by atoms with Crippen LogP contribution in [0.2, 0.25) is 0 Å². The first kappa shape index (κ1) is 20.6. The number of aromatic nitrogens is 4. The lowest BCUT2D eigenvalue weighted by atomic mass is 9.95. The number of hydrogen-bond acceptors (Lipinski definition) is 6. The topological polar surface area (TPSA) is 87.0 Å². The summed E-state index contributed by atoms with van der Waals surface area (Å²) in [6.45, 7) is 1.80. The third-order valence-corrected chi connectivity index (χ3v) is 9.59. The molecule has 1 aliphatic heterocycles. The van der Waals surface area contributed by atoms with E-state index in [2.05, 4.69) is 37.6 Å². The number of H-pyrrole nitrogens is 1. The van der Waals surface area contributed by atoms with Gasteiger partial charge in [0, 0.05) is 19.1 Å². The number of nitrogens with one attached hydrogen (secondary N) is 1. The lowest BCUT2D eigenvalue weighted by Gasteiger charge is -2.23. The Kier molecular flexibility index (Phi) is 4.81. The Hall–Kier alpha value is -2.71. The standard InChI is InChI=1S/C26H29N5O2S/c32-19-8-16-11-30(12-17(16)9-19)26-22-23(27-13-28-25(22)33)24(34-26)15-6-7-21-20(10-15)29-14-31(21)18-4-2-1-3-5-18/h6-7,10,13-14,16-19,32H,1-5,8-9,11-12H2,(H,27,28,33)/t16-,17+,19+. The van der Waals surface area contributed by atoms with E-state index in [4.69, 9.17) is 4.98 Å². The summed E-state index contributed by atoms with van der Waals surface area (Å²) in [5.74, 6) is 1.01. The fourth-order valence-electron chi connectivity index (χ4n) is 6.64. The molecule has 0 radical (unpaired) electrons. The zero-order valence-electron chi connectivity index (χ0n) is 19.1. The normalized spacial score (nSPS) is 25.6. The van der Waals surface area contributed by atoms with Crippen LogP contribution in [-0.2, 0) is 0 Å². The molecule has 0 amide bonds. The predicted molar refractivity (Wildman–Crippen MR) is 136 cm³/mol. The first-order chi connectivity index (χ1) is 16.7. The van der Waals surface area contributed by atoms with E-state index >= 15 is 0 Å². The molecule has 34 heavy (non-hydrogen) atoms. The van der Waals surface area contributed by atoms with Crippen molar-refractivity contribution in [2.75, 3.05) is 18.0 Å². The molecule has 3 aliphatic rings. The summed E-state index contributed by atoms with van der Waals surface area (Å²) < 4.78 is 2.36. The smallest absolute Gasteiger partial charge is 0.261 e. The number of thiophene rings is 1. The second-order valence-electron chi connectivity index (χ2n) is 10.4. The van der Waals surface area contributed by atoms with Crippen molar-refractivity contribution >= 4 is 38.3 Å². The molecule has 3 atom stereocenters. The van der Waals surface area contributed by atoms with E-state index < -0.39 is 0 Å². The van der Waals surface area contributed by atoms with Gasteiger partial charge in [-0.05, 0) is 55.2 Å². The lowest BCUT2D eigenvalue weighted by molar-refractivity contribution is 0.174. The van der Waals surface area contributed by atoms with Crippen LogP contribution in [-0.4, -0.2) is 43.8 Å². The van der Waals surface area contributed by atoms with Crippen LogP contribution in [0.4, 0.5) is 5.00 Å². The molecular formula is C26H29N5O2S. The first-order valence-electron chi connectivity index (χ1n) is 12.6. The second kappa shape index (κ2) is 7.92. The van der Waals surface area contributed by atoms with Crippen molar-refractivity contribution in [3.05, 3.63) is 41.2 Å². The van der Waals surface area contributed by atoms with Gasteiger partial charge in [0.2, 0.25) is 0 Å². The number of imidazole rings is 1. The maximum Gasteiger partial charge on any atom is 0.261 e. The second-order valence-corrected chi connectivity index (χ2v) is 11.4. The Labute approximate surface area is 201 Å². The summed E-state index contributed by atoms with van der Waals surface area (Å²) in [4.78, 5) is 28.5. The number of aliphatic hydroxyl groups excluding tert-OH is 1. The third kappa shape index (κ3) is 3.22. The van der Waals surface area contributed by atoms with Gasteiger partial charge in [0.1, 0.15) is 10.4 Å². The van der Waals surface area contributed by atoms with Crippen molar-refractivity contribution in [1.29, 1.82) is 0 Å². The van der Waals surface area contributed by atoms with Gasteiger partial charge >= 0.3 is 0 Å². The Balaban J connectivity index is 1.30. The molecule has 2 aliphatic carbocycles. The van der Waals surface area contributed by atoms with Crippen LogP contribution < -0.4 is 10.5 Å². The Morgan fingerprint density at radius 3 is 2.65 bits per heavy atom. The minimum Gasteiger partial charge on any atom is -0.393 e. The molecule has 3 fully saturated rings. The van der Waals surface area contributed by atoms with Gasteiger partial charge in [-0.15, -0.1) is 11.3 Å². The molecule has 7 nitrogen and oxygen atoms in total. The molecule has 1 aromatic carbocycles. The van der Waals surface area contributed by atoms with E-state index in [-0.39, 0.29) is 11.7 Å². The van der Waals surface area contributed by atoms with Gasteiger partial charge in [0.25, 0.3) is 5.56 Å². The number of anilines is 1. The molecule has 0 bridgehead atoms. The Morgan fingerprint density at radius 1 is 1.06 bits per heavy atom. The van der Waals surface area contributed by atoms with Crippen LogP contribution in [0.25, 0.3) is 32.4 Å². The number of fused-ring (bicyclic) bond motifs is 3. The van der Waals surface area contributed by atoms with Crippen LogP contribution in [0.1, 0.15) is 51.0 Å². The minimum absolute atomic E-state index is 0.0813. The molecule has 7 rings (SSSR count). The van der Waals surface area contributed by atoms with E-state index in [1.807, 2.05) is 6.33 Å². The molecule has 3 aromatic heterocycles. The van der Waals surface area contributed by atoms with Crippen molar-refractivity contribution in [3.8, 4) is 10.4 Å². The van der Waals surface area contributed by atoms with Gasteiger partial charge in [-0.3, -0.25) is 4.79 Å². The summed E-state index contributed by atoms with van der Waals surface area (Å²) in [7, 11) is 0. The van der Waals surface area contributed by atoms with E-state index in [0.29, 0.717) is 23.3 Å². The fraction of sp³-hybridized carbons (Fsp3) is 0.500. The molecule has 4 heterocycles. The van der Waals surface area contributed by atoms with Crippen molar-refractivity contribution in [1.82, 2.24) is 19.5 Å². The van der Waals surface area contributed by atoms with Gasteiger partial charge in [0.05, 0.1) is 40.2 Å². The fourth-order valence-corrected chi connectivity index (χ4v) is 7.90. The summed E-state index contributed by atoms with van der Waals surface area (Å²) >= 11 is 1.67. The highest BCUT2D eigenvalue weighted by Crippen LogP contribution is 2.47. The van der Waals surface area contributed by atoms with Crippen LogP contribution in [0, 0.1) is 11.8 Å². The van der Waals surface area contributed by atoms with E-state index in [9.17, 15) is 9.90 Å². The van der Waals surface area contributed by atoms with Gasteiger partial charge in [0.15, 0.2) is 0 Å². The van der Waals surface area contributed by atoms with Crippen molar-refractivity contribution in [3.63, 3.8) is 0 Å². The Bertz CT molecular complexity index is 1420. The average molecular weight is 476 g/mol. The van der Waals surface area contributed by atoms with Crippen LogP contribution in [0.15, 0.2) is 35.6 Å². The quantitative estimate of drug-likeness (QED) is 0.448. The zero-order valence-corrected chi connectivity index (χ0v) is 19.9. The molecule has 2 N–H and O–H groups in total. The molecular weight excluding hydrogens is 446 g/mol.